The summed E-state index contributed by atoms with van der Waals surface area (Å²) in [5, 5.41) is 0. The molecule has 9 nitrogen and oxygen atoms in total. The smallest absolute Gasteiger partial charge is 0.488 e. The van der Waals surface area contributed by atoms with Crippen molar-refractivity contribution in [3.8, 4) is 0 Å². The van der Waals surface area contributed by atoms with E-state index in [1.54, 1.807) is 4.90 Å². The Morgan fingerprint density at radius 1 is 1.50 bits per heavy atom. The van der Waals surface area contributed by atoms with E-state index in [0.29, 0.717) is 5.75 Å². The van der Waals surface area contributed by atoms with Gasteiger partial charge < -0.3 is 20.3 Å². The third kappa shape index (κ3) is 7.26. The number of aromatic nitrogens is 2. The van der Waals surface area contributed by atoms with Crippen LogP contribution in [-0.4, -0.2) is 47.0 Å². The Morgan fingerprint density at radius 3 is 2.62 bits per heavy atom. The molecule has 1 unspecified atom stereocenters. The summed E-state index contributed by atoms with van der Waals surface area (Å²) in [4.78, 5) is 26.8. The standard InChI is InChI=1S/C8H9FN3O5PS.C6H15N/c9-4-1-12(8(13)11-7(4)10)5-3-19-6(17-5)2-16-18(14)15;1-4-7(5-2)6-3/h1,5-6H,2-3H2,(H2,10,11,13);4-6H2,1-3H3/p+1/t5-,6+;/m1./s1. The lowest BCUT2D eigenvalue weighted by atomic mass is 10.5. The first kappa shape index (κ1) is 22.9. The van der Waals surface area contributed by atoms with Gasteiger partial charge >= 0.3 is 13.9 Å². The maximum Gasteiger partial charge on any atom is 0.488 e. The van der Waals surface area contributed by atoms with E-state index in [0.717, 1.165) is 10.8 Å². The lowest BCUT2D eigenvalue weighted by molar-refractivity contribution is -0.894. The van der Waals surface area contributed by atoms with E-state index in [2.05, 4.69) is 30.3 Å². The van der Waals surface area contributed by atoms with Gasteiger partial charge in [0.15, 0.2) is 11.6 Å². The van der Waals surface area contributed by atoms with Gasteiger partial charge in [-0.15, -0.1) is 16.3 Å². The summed E-state index contributed by atoms with van der Waals surface area (Å²) in [7, 11) is -2.95. The van der Waals surface area contributed by atoms with E-state index < -0.39 is 37.2 Å². The molecular weight excluding hydrogens is 386 g/mol. The van der Waals surface area contributed by atoms with Crippen LogP contribution in [0.4, 0.5) is 10.2 Å². The highest BCUT2D eigenvalue weighted by molar-refractivity contribution is 8.00. The topological polar surface area (TPSA) is 124 Å². The first-order valence-electron chi connectivity index (χ1n) is 8.24. The summed E-state index contributed by atoms with van der Waals surface area (Å²) >= 11 is 1.25. The molecule has 0 amide bonds. The summed E-state index contributed by atoms with van der Waals surface area (Å²) in [5.41, 5.74) is 3.88. The number of quaternary nitrogens is 1. The highest BCUT2D eigenvalue weighted by Gasteiger charge is 2.30. The number of nitrogens with two attached hydrogens (primary N) is 1. The number of hydrogen-bond acceptors (Lipinski definition) is 8. The van der Waals surface area contributed by atoms with Gasteiger partial charge in [-0.25, -0.2) is 9.18 Å². The minimum Gasteiger partial charge on any atom is -0.566 e. The molecule has 1 aromatic heterocycles. The Hall–Kier alpha value is -1.10. The minimum absolute atomic E-state index is 0.167. The Balaban J connectivity index is 0.000000412. The Kier molecular flexibility index (Phi) is 10.2. The van der Waals surface area contributed by atoms with Crippen molar-refractivity contribution in [3.63, 3.8) is 0 Å². The summed E-state index contributed by atoms with van der Waals surface area (Å²) < 4.78 is 34.2. The predicted octanol–water partition coefficient (Wildman–Crippen LogP) is -0.482. The summed E-state index contributed by atoms with van der Waals surface area (Å²) in [5.74, 6) is -0.958. The van der Waals surface area contributed by atoms with Gasteiger partial charge in [0.05, 0.1) is 25.8 Å². The quantitative estimate of drug-likeness (QED) is 0.577. The van der Waals surface area contributed by atoms with Crippen molar-refractivity contribution in [2.75, 3.05) is 37.7 Å². The molecule has 2 heterocycles. The number of anilines is 1. The highest BCUT2D eigenvalue weighted by Crippen LogP contribution is 2.32. The van der Waals surface area contributed by atoms with Crippen molar-refractivity contribution >= 4 is 25.8 Å². The number of nitrogens with one attached hydrogen (secondary N) is 1. The van der Waals surface area contributed by atoms with Crippen LogP contribution in [-0.2, 0) is 13.8 Å². The summed E-state index contributed by atoms with van der Waals surface area (Å²) in [6.45, 7) is 10.3. The minimum atomic E-state index is -2.95. The van der Waals surface area contributed by atoms with Gasteiger partial charge in [-0.3, -0.25) is 4.57 Å². The van der Waals surface area contributed by atoms with E-state index >= 15 is 0 Å². The molecule has 1 aromatic rings. The zero-order valence-electron chi connectivity index (χ0n) is 15.0. The molecule has 3 atom stereocenters. The molecule has 0 spiro atoms. The van der Waals surface area contributed by atoms with Gasteiger partial charge in [-0.05, 0) is 25.3 Å². The first-order valence-corrected chi connectivity index (χ1v) is 10.4. The molecular formula is C14H25FN4O5PS+. The maximum absolute atomic E-state index is 13.2. The van der Waals surface area contributed by atoms with E-state index in [1.807, 2.05) is 0 Å². The molecule has 148 valence electrons. The van der Waals surface area contributed by atoms with Crippen molar-refractivity contribution in [1.29, 1.82) is 0 Å². The SMILES string of the molecule is CC[NH+](CC)CC.Nc1nc(=O)n([C@H]2CS[C@@H](CO[P+](=O)[O-])O2)cc1F. The van der Waals surface area contributed by atoms with E-state index in [4.69, 9.17) is 10.5 Å². The van der Waals surface area contributed by atoms with E-state index in [1.165, 1.54) is 31.4 Å². The van der Waals surface area contributed by atoms with Crippen LogP contribution < -0.4 is 21.2 Å². The largest absolute Gasteiger partial charge is 0.566 e. The molecule has 1 aliphatic heterocycles. The van der Waals surface area contributed by atoms with Crippen molar-refractivity contribution in [3.05, 3.63) is 22.5 Å². The zero-order valence-corrected chi connectivity index (χ0v) is 16.7. The second-order valence-corrected chi connectivity index (χ2v) is 7.25. The molecule has 3 N–H and O–H groups in total. The molecule has 0 aromatic carbocycles. The molecule has 26 heavy (non-hydrogen) atoms. The van der Waals surface area contributed by atoms with Gasteiger partial charge in [0, 0.05) is 5.75 Å². The fraction of sp³-hybridized carbons (Fsp3) is 0.714. The van der Waals surface area contributed by atoms with E-state index in [-0.39, 0.29) is 6.61 Å². The van der Waals surface area contributed by atoms with Crippen LogP contribution in [0.25, 0.3) is 0 Å². The molecule has 2 rings (SSSR count). The summed E-state index contributed by atoms with van der Waals surface area (Å²) in [6.07, 6.45) is 0.172. The average Bonchev–Trinajstić information content (AvgIpc) is 3.07. The Labute approximate surface area is 156 Å². The molecule has 12 heteroatoms. The summed E-state index contributed by atoms with van der Waals surface area (Å²) in [6, 6.07) is 0. The zero-order chi connectivity index (χ0) is 19.7. The third-order valence-electron chi connectivity index (χ3n) is 3.79. The van der Waals surface area contributed by atoms with Gasteiger partial charge in [0.2, 0.25) is 0 Å². The third-order valence-corrected chi connectivity index (χ3v) is 5.25. The Morgan fingerprint density at radius 2 is 2.12 bits per heavy atom. The first-order chi connectivity index (χ1) is 12.3. The fourth-order valence-electron chi connectivity index (χ4n) is 2.21. The second kappa shape index (κ2) is 11.6. The number of halogens is 1. The number of nitrogens with zero attached hydrogens (tertiary/aromatic N) is 2. The molecule has 0 aliphatic carbocycles. The molecule has 1 saturated heterocycles. The second-order valence-electron chi connectivity index (χ2n) is 5.35. The van der Waals surface area contributed by atoms with Gasteiger partial charge in [0.1, 0.15) is 18.3 Å². The number of hydrogen-bond donors (Lipinski definition) is 2. The molecule has 0 radical (unpaired) electrons. The normalized spacial score (nSPS) is 20.0. The van der Waals surface area contributed by atoms with Crippen LogP contribution in [0, 0.1) is 5.82 Å². The van der Waals surface area contributed by atoms with Gasteiger partial charge in [0.25, 0.3) is 0 Å². The predicted molar refractivity (Wildman–Crippen MR) is 95.4 cm³/mol. The maximum atomic E-state index is 13.2. The van der Waals surface area contributed by atoms with Gasteiger partial charge in [-0.1, -0.05) is 0 Å². The van der Waals surface area contributed by atoms with Gasteiger partial charge in [-0.2, -0.15) is 4.98 Å². The monoisotopic (exact) mass is 411 g/mol. The number of nitrogen functional groups attached to an aromatic ring is 1. The molecule has 0 bridgehead atoms. The van der Waals surface area contributed by atoms with Crippen LogP contribution in [0.1, 0.15) is 27.0 Å². The highest BCUT2D eigenvalue weighted by atomic mass is 32.2. The van der Waals surface area contributed by atoms with Crippen molar-refractivity contribution in [2.45, 2.75) is 32.4 Å². The lowest BCUT2D eigenvalue weighted by Gasteiger charge is -2.13. The van der Waals surface area contributed by atoms with Crippen molar-refractivity contribution < 1.29 is 28.0 Å². The van der Waals surface area contributed by atoms with Crippen molar-refractivity contribution in [1.82, 2.24) is 9.55 Å². The van der Waals surface area contributed by atoms with Crippen LogP contribution >= 0.6 is 20.0 Å². The number of thioether (sulfide) groups is 1. The average molecular weight is 411 g/mol. The Bertz CT molecular complexity index is 641. The molecule has 0 saturated carbocycles. The fourth-order valence-corrected chi connectivity index (χ4v) is 3.56. The number of rotatable bonds is 7. The van der Waals surface area contributed by atoms with Crippen LogP contribution in [0.15, 0.2) is 11.0 Å². The van der Waals surface area contributed by atoms with E-state index in [9.17, 15) is 18.6 Å². The van der Waals surface area contributed by atoms with Crippen LogP contribution in [0.3, 0.4) is 0 Å². The van der Waals surface area contributed by atoms with Crippen LogP contribution in [0.2, 0.25) is 0 Å². The molecule has 1 fully saturated rings. The number of ether oxygens (including phenoxy) is 1. The van der Waals surface area contributed by atoms with Crippen molar-refractivity contribution in [2.24, 2.45) is 0 Å². The molecule has 1 aliphatic rings. The lowest BCUT2D eigenvalue weighted by Crippen LogP contribution is -3.11. The van der Waals surface area contributed by atoms with Crippen LogP contribution in [0.5, 0.6) is 0 Å².